The summed E-state index contributed by atoms with van der Waals surface area (Å²) in [5, 5.41) is 0.982. The first-order valence-corrected chi connectivity index (χ1v) is 5.72. The second-order valence-electron chi connectivity index (χ2n) is 4.09. The van der Waals surface area contributed by atoms with E-state index >= 15 is 0 Å². The summed E-state index contributed by atoms with van der Waals surface area (Å²) < 4.78 is 10.1. The first kappa shape index (κ1) is 12.4. The Morgan fingerprint density at radius 1 is 1.28 bits per heavy atom. The summed E-state index contributed by atoms with van der Waals surface area (Å²) in [4.78, 5) is 15.7. The number of ether oxygens (including phenoxy) is 2. The molecule has 1 unspecified atom stereocenters. The lowest BCUT2D eigenvalue weighted by Gasteiger charge is -2.12. The van der Waals surface area contributed by atoms with Crippen molar-refractivity contribution < 1.29 is 14.3 Å². The summed E-state index contributed by atoms with van der Waals surface area (Å²) in [6.45, 7) is 3.60. The maximum atomic E-state index is 11.3. The van der Waals surface area contributed by atoms with E-state index in [0.29, 0.717) is 5.75 Å². The van der Waals surface area contributed by atoms with Gasteiger partial charge in [-0.1, -0.05) is 6.07 Å². The Labute approximate surface area is 106 Å². The van der Waals surface area contributed by atoms with Gasteiger partial charge in [0, 0.05) is 11.1 Å². The highest BCUT2D eigenvalue weighted by molar-refractivity contribution is 5.80. The SMILES string of the molecule is COC(=O)C(C)Oc1ccc2nc(C)ccc2c1. The summed E-state index contributed by atoms with van der Waals surface area (Å²) in [5.74, 6) is 0.239. The van der Waals surface area contributed by atoms with E-state index in [2.05, 4.69) is 9.72 Å². The van der Waals surface area contributed by atoms with Crippen LogP contribution in [0.25, 0.3) is 10.9 Å². The van der Waals surface area contributed by atoms with Crippen molar-refractivity contribution in [1.29, 1.82) is 0 Å². The average molecular weight is 245 g/mol. The van der Waals surface area contributed by atoms with Gasteiger partial charge < -0.3 is 9.47 Å². The maximum Gasteiger partial charge on any atom is 0.346 e. The first-order valence-electron chi connectivity index (χ1n) is 5.72. The van der Waals surface area contributed by atoms with E-state index in [4.69, 9.17) is 4.74 Å². The predicted molar refractivity (Wildman–Crippen MR) is 68.6 cm³/mol. The van der Waals surface area contributed by atoms with Crippen LogP contribution in [0.15, 0.2) is 30.3 Å². The number of aromatic nitrogens is 1. The highest BCUT2D eigenvalue weighted by Crippen LogP contribution is 2.20. The van der Waals surface area contributed by atoms with E-state index in [1.807, 2.05) is 31.2 Å². The highest BCUT2D eigenvalue weighted by atomic mass is 16.6. The largest absolute Gasteiger partial charge is 0.479 e. The summed E-state index contributed by atoms with van der Waals surface area (Å²) >= 11 is 0. The van der Waals surface area contributed by atoms with Gasteiger partial charge in [0.25, 0.3) is 0 Å². The number of nitrogens with zero attached hydrogens (tertiary/aromatic N) is 1. The third-order valence-corrected chi connectivity index (χ3v) is 2.65. The number of benzene rings is 1. The van der Waals surface area contributed by atoms with E-state index in [0.717, 1.165) is 16.6 Å². The molecule has 0 saturated heterocycles. The second-order valence-corrected chi connectivity index (χ2v) is 4.09. The molecule has 0 amide bonds. The Morgan fingerprint density at radius 2 is 2.06 bits per heavy atom. The molecule has 1 heterocycles. The molecule has 0 bridgehead atoms. The molecule has 0 radical (unpaired) electrons. The fourth-order valence-corrected chi connectivity index (χ4v) is 1.70. The Hall–Kier alpha value is -2.10. The molecule has 2 rings (SSSR count). The monoisotopic (exact) mass is 245 g/mol. The van der Waals surface area contributed by atoms with E-state index < -0.39 is 12.1 Å². The van der Waals surface area contributed by atoms with E-state index in [1.165, 1.54) is 7.11 Å². The molecule has 0 aliphatic rings. The molecule has 0 aliphatic carbocycles. The second kappa shape index (κ2) is 5.04. The molecule has 18 heavy (non-hydrogen) atoms. The number of fused-ring (bicyclic) bond motifs is 1. The zero-order chi connectivity index (χ0) is 13.1. The number of rotatable bonds is 3. The molecule has 0 aliphatic heterocycles. The van der Waals surface area contributed by atoms with Gasteiger partial charge in [0.2, 0.25) is 0 Å². The number of carbonyl (C=O) groups excluding carboxylic acids is 1. The van der Waals surface area contributed by atoms with Crippen LogP contribution in [0.5, 0.6) is 5.75 Å². The summed E-state index contributed by atoms with van der Waals surface area (Å²) in [6.07, 6.45) is -0.620. The van der Waals surface area contributed by atoms with Crippen LogP contribution >= 0.6 is 0 Å². The molecule has 0 fully saturated rings. The van der Waals surface area contributed by atoms with Crippen LogP contribution < -0.4 is 4.74 Å². The van der Waals surface area contributed by atoms with Crippen LogP contribution in [-0.4, -0.2) is 24.2 Å². The van der Waals surface area contributed by atoms with Crippen LogP contribution in [0.1, 0.15) is 12.6 Å². The third kappa shape index (κ3) is 2.59. The van der Waals surface area contributed by atoms with Crippen LogP contribution in [0.2, 0.25) is 0 Å². The fourth-order valence-electron chi connectivity index (χ4n) is 1.70. The topological polar surface area (TPSA) is 48.4 Å². The standard InChI is InChI=1S/C14H15NO3/c1-9-4-5-11-8-12(6-7-13(11)15-9)18-10(2)14(16)17-3/h4-8,10H,1-3H3. The molecular weight excluding hydrogens is 230 g/mol. The van der Waals surface area contributed by atoms with Crippen LogP contribution in [0.3, 0.4) is 0 Å². The minimum atomic E-state index is -0.620. The molecule has 1 aromatic heterocycles. The number of hydrogen-bond acceptors (Lipinski definition) is 4. The molecule has 4 heteroatoms. The lowest BCUT2D eigenvalue weighted by atomic mass is 10.2. The van der Waals surface area contributed by atoms with Crippen molar-refractivity contribution in [3.05, 3.63) is 36.0 Å². The van der Waals surface area contributed by atoms with E-state index in [1.54, 1.807) is 13.0 Å². The number of pyridine rings is 1. The minimum absolute atomic E-state index is 0.392. The van der Waals surface area contributed by atoms with Crippen molar-refractivity contribution >= 4 is 16.9 Å². The van der Waals surface area contributed by atoms with Crippen molar-refractivity contribution in [2.45, 2.75) is 20.0 Å². The lowest BCUT2D eigenvalue weighted by Crippen LogP contribution is -2.24. The Morgan fingerprint density at radius 3 is 2.78 bits per heavy atom. The third-order valence-electron chi connectivity index (χ3n) is 2.65. The number of carbonyl (C=O) groups is 1. The maximum absolute atomic E-state index is 11.3. The quantitative estimate of drug-likeness (QED) is 0.779. The van der Waals surface area contributed by atoms with Gasteiger partial charge >= 0.3 is 5.97 Å². The number of hydrogen-bond donors (Lipinski definition) is 0. The molecule has 1 atom stereocenters. The Kier molecular flexibility index (Phi) is 3.46. The number of aryl methyl sites for hydroxylation is 1. The van der Waals surface area contributed by atoms with Crippen molar-refractivity contribution in [2.75, 3.05) is 7.11 Å². The first-order chi connectivity index (χ1) is 8.60. The highest BCUT2D eigenvalue weighted by Gasteiger charge is 2.14. The summed E-state index contributed by atoms with van der Waals surface area (Å²) in [6, 6.07) is 9.46. The van der Waals surface area contributed by atoms with Gasteiger partial charge in [-0.05, 0) is 38.1 Å². The summed E-state index contributed by atoms with van der Waals surface area (Å²) in [7, 11) is 1.34. The normalized spacial score (nSPS) is 12.2. The van der Waals surface area contributed by atoms with Crippen molar-refractivity contribution in [3.63, 3.8) is 0 Å². The molecule has 2 aromatic rings. The average Bonchev–Trinajstić information content (AvgIpc) is 2.38. The molecule has 0 saturated carbocycles. The van der Waals surface area contributed by atoms with Gasteiger partial charge in [0.1, 0.15) is 5.75 Å². The fraction of sp³-hybridized carbons (Fsp3) is 0.286. The Bertz CT molecular complexity index is 580. The number of esters is 1. The van der Waals surface area contributed by atoms with Crippen molar-refractivity contribution in [3.8, 4) is 5.75 Å². The van der Waals surface area contributed by atoms with Gasteiger partial charge in [-0.15, -0.1) is 0 Å². The lowest BCUT2D eigenvalue weighted by molar-refractivity contribution is -0.147. The molecule has 1 aromatic carbocycles. The molecule has 0 N–H and O–H groups in total. The van der Waals surface area contributed by atoms with Crippen molar-refractivity contribution in [1.82, 2.24) is 4.98 Å². The molecular formula is C14H15NO3. The van der Waals surface area contributed by atoms with Gasteiger partial charge in [0.05, 0.1) is 12.6 Å². The van der Waals surface area contributed by atoms with Gasteiger partial charge in [-0.2, -0.15) is 0 Å². The zero-order valence-electron chi connectivity index (χ0n) is 10.6. The number of methoxy groups -OCH3 is 1. The van der Waals surface area contributed by atoms with Crippen LogP contribution in [0.4, 0.5) is 0 Å². The smallest absolute Gasteiger partial charge is 0.346 e. The van der Waals surface area contributed by atoms with Crippen molar-refractivity contribution in [2.24, 2.45) is 0 Å². The van der Waals surface area contributed by atoms with Gasteiger partial charge in [-0.25, -0.2) is 4.79 Å². The van der Waals surface area contributed by atoms with Gasteiger partial charge in [-0.3, -0.25) is 4.98 Å². The predicted octanol–water partition coefficient (Wildman–Crippen LogP) is 2.48. The molecule has 4 nitrogen and oxygen atoms in total. The molecule has 0 spiro atoms. The van der Waals surface area contributed by atoms with E-state index in [9.17, 15) is 4.79 Å². The van der Waals surface area contributed by atoms with Crippen LogP contribution in [-0.2, 0) is 9.53 Å². The Balaban J connectivity index is 2.25. The van der Waals surface area contributed by atoms with Crippen LogP contribution in [0, 0.1) is 6.92 Å². The summed E-state index contributed by atoms with van der Waals surface area (Å²) in [5.41, 5.74) is 1.88. The molecule has 94 valence electrons. The van der Waals surface area contributed by atoms with E-state index in [-0.39, 0.29) is 0 Å². The van der Waals surface area contributed by atoms with Gasteiger partial charge in [0.15, 0.2) is 6.10 Å². The minimum Gasteiger partial charge on any atom is -0.479 e. The zero-order valence-corrected chi connectivity index (χ0v) is 10.6.